The Bertz CT molecular complexity index is 654. The number of amides is 1. The lowest BCUT2D eigenvalue weighted by Gasteiger charge is -2.34. The Balaban J connectivity index is 1.85. The van der Waals surface area contributed by atoms with Crippen molar-refractivity contribution in [3.8, 4) is 0 Å². The van der Waals surface area contributed by atoms with E-state index >= 15 is 0 Å². The van der Waals surface area contributed by atoms with Crippen LogP contribution in [0, 0.1) is 11.7 Å². The number of hydrogen-bond acceptors (Lipinski definition) is 3. The van der Waals surface area contributed by atoms with Crippen molar-refractivity contribution in [2.24, 2.45) is 5.92 Å². The third-order valence-corrected chi connectivity index (χ3v) is 4.94. The average molecular weight is 293 g/mol. The fourth-order valence-corrected chi connectivity index (χ4v) is 3.60. The summed E-state index contributed by atoms with van der Waals surface area (Å²) in [6.45, 7) is 3.10. The van der Waals surface area contributed by atoms with E-state index in [4.69, 9.17) is 0 Å². The Morgan fingerprint density at radius 1 is 1.45 bits per heavy atom. The highest BCUT2D eigenvalue weighted by Crippen LogP contribution is 2.28. The lowest BCUT2D eigenvalue weighted by atomic mass is 9.97. The molecule has 3 nitrogen and oxygen atoms in total. The quantitative estimate of drug-likeness (QED) is 0.878. The summed E-state index contributed by atoms with van der Waals surface area (Å²) in [7, 11) is 0. The molecule has 1 aliphatic rings. The third-order valence-electron chi connectivity index (χ3n) is 3.84. The highest BCUT2D eigenvalue weighted by atomic mass is 32.1. The number of likely N-dealkylation sites (tertiary alicyclic amines) is 1. The molecule has 1 aromatic heterocycles. The van der Waals surface area contributed by atoms with E-state index in [1.165, 1.54) is 23.5 Å². The van der Waals surface area contributed by atoms with Gasteiger partial charge in [0.2, 0.25) is 0 Å². The molecule has 1 N–H and O–H groups in total. The van der Waals surface area contributed by atoms with Crippen LogP contribution in [0.25, 0.3) is 10.1 Å². The summed E-state index contributed by atoms with van der Waals surface area (Å²) < 4.78 is 14.1. The molecule has 0 spiro atoms. The Labute approximate surface area is 120 Å². The second-order valence-electron chi connectivity index (χ2n) is 5.38. The molecule has 2 aromatic rings. The number of benzene rings is 1. The third kappa shape index (κ3) is 2.43. The van der Waals surface area contributed by atoms with Gasteiger partial charge in [0.25, 0.3) is 5.91 Å². The number of piperidine rings is 1. The van der Waals surface area contributed by atoms with Crippen LogP contribution in [-0.2, 0) is 0 Å². The SMILES string of the molecule is CC1CN(C(=O)c2cc3cc(F)ccc3s2)CCC1O. The molecule has 2 heterocycles. The van der Waals surface area contributed by atoms with E-state index in [9.17, 15) is 14.3 Å². The molecule has 0 bridgehead atoms. The number of halogens is 1. The standard InChI is InChI=1S/C15H16FNO2S/c1-9-8-17(5-4-12(9)18)15(19)14-7-10-6-11(16)2-3-13(10)20-14/h2-3,6-7,9,12,18H,4-5,8H2,1H3. The van der Waals surface area contributed by atoms with Gasteiger partial charge in [-0.2, -0.15) is 0 Å². The van der Waals surface area contributed by atoms with Crippen LogP contribution in [0.5, 0.6) is 0 Å². The molecule has 106 valence electrons. The number of aliphatic hydroxyl groups is 1. The van der Waals surface area contributed by atoms with Gasteiger partial charge < -0.3 is 10.0 Å². The molecule has 1 saturated heterocycles. The van der Waals surface area contributed by atoms with Crippen molar-refractivity contribution in [1.82, 2.24) is 4.90 Å². The number of carbonyl (C=O) groups excluding carboxylic acids is 1. The van der Waals surface area contributed by atoms with Crippen molar-refractivity contribution >= 4 is 27.3 Å². The van der Waals surface area contributed by atoms with E-state index in [0.29, 0.717) is 24.4 Å². The van der Waals surface area contributed by atoms with Crippen molar-refractivity contribution in [3.63, 3.8) is 0 Å². The Morgan fingerprint density at radius 2 is 2.25 bits per heavy atom. The average Bonchev–Trinajstić information content (AvgIpc) is 2.84. The van der Waals surface area contributed by atoms with Gasteiger partial charge in [-0.05, 0) is 42.0 Å². The minimum Gasteiger partial charge on any atom is -0.393 e. The number of hydrogen-bond donors (Lipinski definition) is 1. The van der Waals surface area contributed by atoms with Crippen molar-refractivity contribution in [3.05, 3.63) is 35.0 Å². The number of nitrogens with zero attached hydrogens (tertiary/aromatic N) is 1. The number of thiophene rings is 1. The molecular formula is C15H16FNO2S. The van der Waals surface area contributed by atoms with Gasteiger partial charge in [-0.15, -0.1) is 11.3 Å². The minimum atomic E-state index is -0.324. The second kappa shape index (κ2) is 5.14. The molecule has 3 rings (SSSR count). The van der Waals surface area contributed by atoms with Gasteiger partial charge in [-0.25, -0.2) is 4.39 Å². The number of aliphatic hydroxyl groups excluding tert-OH is 1. The first-order chi connectivity index (χ1) is 9.54. The monoisotopic (exact) mass is 293 g/mol. The predicted molar refractivity (Wildman–Crippen MR) is 77.5 cm³/mol. The molecule has 2 unspecified atom stereocenters. The molecule has 1 fully saturated rings. The van der Waals surface area contributed by atoms with Crippen molar-refractivity contribution < 1.29 is 14.3 Å². The van der Waals surface area contributed by atoms with E-state index < -0.39 is 0 Å². The van der Waals surface area contributed by atoms with Gasteiger partial charge in [0.15, 0.2) is 0 Å². The summed E-state index contributed by atoms with van der Waals surface area (Å²) in [5.41, 5.74) is 0. The van der Waals surface area contributed by atoms with Crippen LogP contribution >= 0.6 is 11.3 Å². The van der Waals surface area contributed by atoms with E-state index in [1.54, 1.807) is 17.0 Å². The Hall–Kier alpha value is -1.46. The fourth-order valence-electron chi connectivity index (χ4n) is 2.59. The van der Waals surface area contributed by atoms with E-state index in [1.807, 2.05) is 6.92 Å². The summed E-state index contributed by atoms with van der Waals surface area (Å²) in [6.07, 6.45) is 0.294. The first-order valence-electron chi connectivity index (χ1n) is 6.71. The second-order valence-corrected chi connectivity index (χ2v) is 6.46. The maximum atomic E-state index is 13.2. The van der Waals surface area contributed by atoms with Crippen molar-refractivity contribution in [2.75, 3.05) is 13.1 Å². The van der Waals surface area contributed by atoms with Crippen LogP contribution in [-0.4, -0.2) is 35.1 Å². The largest absolute Gasteiger partial charge is 0.393 e. The molecular weight excluding hydrogens is 277 g/mol. The van der Waals surface area contributed by atoms with E-state index in [-0.39, 0.29) is 23.7 Å². The van der Waals surface area contributed by atoms with Crippen LogP contribution in [0.1, 0.15) is 23.0 Å². The van der Waals surface area contributed by atoms with Gasteiger partial charge in [0.1, 0.15) is 5.82 Å². The summed E-state index contributed by atoms with van der Waals surface area (Å²) in [6, 6.07) is 6.31. The minimum absolute atomic E-state index is 0.0228. The van der Waals surface area contributed by atoms with Crippen LogP contribution in [0.4, 0.5) is 4.39 Å². The molecule has 0 saturated carbocycles. The predicted octanol–water partition coefficient (Wildman–Crippen LogP) is 2.88. The Kier molecular flexibility index (Phi) is 3.48. The van der Waals surface area contributed by atoms with Crippen molar-refractivity contribution in [1.29, 1.82) is 0 Å². The molecule has 1 amide bonds. The highest BCUT2D eigenvalue weighted by molar-refractivity contribution is 7.20. The first-order valence-corrected chi connectivity index (χ1v) is 7.52. The summed E-state index contributed by atoms with van der Waals surface area (Å²) in [4.78, 5) is 14.9. The molecule has 0 radical (unpaired) electrons. The Morgan fingerprint density at radius 3 is 3.00 bits per heavy atom. The molecule has 1 aliphatic heterocycles. The van der Waals surface area contributed by atoms with Gasteiger partial charge >= 0.3 is 0 Å². The molecule has 1 aromatic carbocycles. The van der Waals surface area contributed by atoms with Gasteiger partial charge in [0, 0.05) is 17.8 Å². The van der Waals surface area contributed by atoms with Crippen molar-refractivity contribution in [2.45, 2.75) is 19.4 Å². The lowest BCUT2D eigenvalue weighted by molar-refractivity contribution is 0.0300. The first kappa shape index (κ1) is 13.5. The van der Waals surface area contributed by atoms with Crippen LogP contribution in [0.15, 0.2) is 24.3 Å². The highest BCUT2D eigenvalue weighted by Gasteiger charge is 2.28. The summed E-state index contributed by atoms with van der Waals surface area (Å²) in [5, 5.41) is 10.5. The topological polar surface area (TPSA) is 40.5 Å². The fraction of sp³-hybridized carbons (Fsp3) is 0.400. The molecule has 5 heteroatoms. The van der Waals surface area contributed by atoms with Crippen LogP contribution in [0.2, 0.25) is 0 Å². The lowest BCUT2D eigenvalue weighted by Crippen LogP contribution is -2.44. The molecule has 2 atom stereocenters. The molecule has 20 heavy (non-hydrogen) atoms. The molecule has 0 aliphatic carbocycles. The normalized spacial score (nSPS) is 23.2. The number of rotatable bonds is 1. The van der Waals surface area contributed by atoms with Gasteiger partial charge in [0.05, 0.1) is 11.0 Å². The summed E-state index contributed by atoms with van der Waals surface area (Å²) in [5.74, 6) is -0.214. The maximum absolute atomic E-state index is 13.2. The zero-order chi connectivity index (χ0) is 14.3. The van der Waals surface area contributed by atoms with E-state index in [2.05, 4.69) is 0 Å². The maximum Gasteiger partial charge on any atom is 0.263 e. The zero-order valence-electron chi connectivity index (χ0n) is 11.2. The van der Waals surface area contributed by atoms with Gasteiger partial charge in [-0.1, -0.05) is 6.92 Å². The van der Waals surface area contributed by atoms with E-state index in [0.717, 1.165) is 10.1 Å². The van der Waals surface area contributed by atoms with Gasteiger partial charge in [-0.3, -0.25) is 4.79 Å². The smallest absolute Gasteiger partial charge is 0.263 e. The van der Waals surface area contributed by atoms with Crippen LogP contribution in [0.3, 0.4) is 0 Å². The van der Waals surface area contributed by atoms with Crippen LogP contribution < -0.4 is 0 Å². The number of carbonyl (C=O) groups is 1. The zero-order valence-corrected chi connectivity index (χ0v) is 12.0. The number of fused-ring (bicyclic) bond motifs is 1. The summed E-state index contributed by atoms with van der Waals surface area (Å²) >= 11 is 1.39.